The van der Waals surface area contributed by atoms with Crippen LogP contribution in [-0.4, -0.2) is 55.4 Å². The van der Waals surface area contributed by atoms with Crippen molar-refractivity contribution in [3.63, 3.8) is 0 Å². The van der Waals surface area contributed by atoms with E-state index in [2.05, 4.69) is 35.9 Å². The van der Waals surface area contributed by atoms with E-state index in [-0.39, 0.29) is 28.7 Å². The molecule has 0 radical (unpaired) electrons. The second-order valence-corrected chi connectivity index (χ2v) is 10.6. The number of nitrogens with zero attached hydrogens (tertiary/aromatic N) is 3. The number of anilines is 2. The molecule has 0 spiro atoms. The molecule has 2 saturated heterocycles. The van der Waals surface area contributed by atoms with Gasteiger partial charge in [0.05, 0.1) is 17.5 Å². The molecule has 0 bridgehead atoms. The number of unbranched alkanes of at least 4 members (excludes halogenated alkanes) is 1. The molecule has 2 unspecified atom stereocenters. The molecule has 0 aliphatic carbocycles. The van der Waals surface area contributed by atoms with Gasteiger partial charge in [-0.15, -0.1) is 0 Å². The first-order valence-electron chi connectivity index (χ1n) is 10.0. The first-order chi connectivity index (χ1) is 13.4. The fourth-order valence-electron chi connectivity index (χ4n) is 3.77. The monoisotopic (exact) mass is 423 g/mol. The quantitative estimate of drug-likeness (QED) is 0.670. The zero-order valence-corrected chi connectivity index (χ0v) is 18.4. The number of hydrogen-bond acceptors (Lipinski definition) is 5. The van der Waals surface area contributed by atoms with Gasteiger partial charge in [-0.1, -0.05) is 25.1 Å². The molecule has 2 fully saturated rings. The highest BCUT2D eigenvalue weighted by atomic mass is 32.2. The molecule has 2 aliphatic rings. The predicted molar refractivity (Wildman–Crippen MR) is 118 cm³/mol. The summed E-state index contributed by atoms with van der Waals surface area (Å²) in [6, 6.07) is 7.97. The van der Waals surface area contributed by atoms with Gasteiger partial charge in [0.2, 0.25) is 5.91 Å². The largest absolute Gasteiger partial charge is 0.372 e. The number of thioether (sulfide) groups is 1. The van der Waals surface area contributed by atoms with Crippen LogP contribution in [0.1, 0.15) is 40.0 Å². The highest BCUT2D eigenvalue weighted by Crippen LogP contribution is 2.41. The van der Waals surface area contributed by atoms with Crippen LogP contribution in [0.5, 0.6) is 0 Å². The van der Waals surface area contributed by atoms with Crippen molar-refractivity contribution in [2.75, 3.05) is 34.4 Å². The summed E-state index contributed by atoms with van der Waals surface area (Å²) in [4.78, 5) is 20.8. The Kier molecular flexibility index (Phi) is 6.70. The summed E-state index contributed by atoms with van der Waals surface area (Å²) in [5.41, 5.74) is 2.03. The minimum absolute atomic E-state index is 0.0646. The van der Waals surface area contributed by atoms with Crippen molar-refractivity contribution in [2.24, 2.45) is 4.99 Å². The van der Waals surface area contributed by atoms with E-state index in [0.29, 0.717) is 11.6 Å². The number of amides is 1. The van der Waals surface area contributed by atoms with Crippen LogP contribution in [0.2, 0.25) is 0 Å². The Bertz CT molecular complexity index is 833. The highest BCUT2D eigenvalue weighted by Gasteiger charge is 2.49. The number of sulfone groups is 1. The van der Waals surface area contributed by atoms with Crippen LogP contribution in [0.3, 0.4) is 0 Å². The Hall–Kier alpha value is -1.54. The van der Waals surface area contributed by atoms with Gasteiger partial charge in [-0.3, -0.25) is 4.79 Å². The van der Waals surface area contributed by atoms with Crippen LogP contribution in [0.4, 0.5) is 11.4 Å². The van der Waals surface area contributed by atoms with Crippen LogP contribution in [0.25, 0.3) is 0 Å². The third kappa shape index (κ3) is 4.54. The van der Waals surface area contributed by atoms with Crippen molar-refractivity contribution in [1.82, 2.24) is 0 Å². The van der Waals surface area contributed by atoms with Crippen molar-refractivity contribution in [1.29, 1.82) is 0 Å². The Balaban J connectivity index is 1.90. The fourth-order valence-corrected chi connectivity index (χ4v) is 7.70. The van der Waals surface area contributed by atoms with Crippen molar-refractivity contribution in [3.8, 4) is 0 Å². The summed E-state index contributed by atoms with van der Waals surface area (Å²) in [5, 5.41) is 0.576. The minimum Gasteiger partial charge on any atom is -0.372 e. The zero-order valence-electron chi connectivity index (χ0n) is 16.8. The third-order valence-corrected chi connectivity index (χ3v) is 8.50. The molecule has 0 N–H and O–H groups in total. The number of carbonyl (C=O) groups is 1. The molecule has 8 heteroatoms. The molecule has 1 amide bonds. The first-order valence-corrected chi connectivity index (χ1v) is 12.7. The maximum absolute atomic E-state index is 12.3. The maximum Gasteiger partial charge on any atom is 0.248 e. The third-order valence-electron chi connectivity index (χ3n) is 5.29. The minimum atomic E-state index is -3.05. The van der Waals surface area contributed by atoms with E-state index in [1.165, 1.54) is 11.8 Å². The summed E-state index contributed by atoms with van der Waals surface area (Å²) >= 11 is 1.43. The Morgan fingerprint density at radius 2 is 1.86 bits per heavy atom. The topological polar surface area (TPSA) is 70.0 Å². The number of rotatable bonds is 7. The fraction of sp³-hybridized carbons (Fsp3) is 0.600. The Labute approximate surface area is 172 Å². The normalized spacial score (nSPS) is 24.5. The van der Waals surface area contributed by atoms with E-state index in [1.54, 1.807) is 0 Å². The van der Waals surface area contributed by atoms with E-state index >= 15 is 0 Å². The molecule has 1 aromatic rings. The molecule has 0 aromatic heterocycles. The average Bonchev–Trinajstić information content (AvgIpc) is 3.12. The van der Waals surface area contributed by atoms with Crippen LogP contribution in [0.15, 0.2) is 29.3 Å². The summed E-state index contributed by atoms with van der Waals surface area (Å²) in [6.45, 7) is 8.14. The SMILES string of the molecule is CCCCC(=O)N=C1SC2CS(=O)(=O)CC2N1c1ccc(N(CC)CC)cc1. The molecule has 2 atom stereocenters. The van der Waals surface area contributed by atoms with E-state index in [0.717, 1.165) is 37.3 Å². The molecule has 2 aliphatic heterocycles. The number of hydrogen-bond donors (Lipinski definition) is 0. The highest BCUT2D eigenvalue weighted by molar-refractivity contribution is 8.16. The Morgan fingerprint density at radius 3 is 2.46 bits per heavy atom. The summed E-state index contributed by atoms with van der Waals surface area (Å²) in [5.74, 6) is 0.139. The van der Waals surface area contributed by atoms with Crippen molar-refractivity contribution in [3.05, 3.63) is 24.3 Å². The van der Waals surface area contributed by atoms with Gasteiger partial charge in [-0.2, -0.15) is 4.99 Å². The Morgan fingerprint density at radius 1 is 1.18 bits per heavy atom. The van der Waals surface area contributed by atoms with Gasteiger partial charge in [0, 0.05) is 36.1 Å². The molecular weight excluding hydrogens is 394 g/mol. The number of carbonyl (C=O) groups excluding carboxylic acids is 1. The average molecular weight is 424 g/mol. The van der Waals surface area contributed by atoms with E-state index < -0.39 is 9.84 Å². The summed E-state index contributed by atoms with van der Waals surface area (Å²) in [6.07, 6.45) is 2.20. The molecule has 1 aromatic carbocycles. The molecule has 0 saturated carbocycles. The van der Waals surface area contributed by atoms with Gasteiger partial charge in [0.1, 0.15) is 0 Å². The van der Waals surface area contributed by atoms with E-state index in [9.17, 15) is 13.2 Å². The summed E-state index contributed by atoms with van der Waals surface area (Å²) < 4.78 is 24.3. The van der Waals surface area contributed by atoms with Crippen molar-refractivity contribution >= 4 is 44.0 Å². The molecular formula is C20H29N3O3S2. The van der Waals surface area contributed by atoms with E-state index in [4.69, 9.17) is 0 Å². The zero-order chi connectivity index (χ0) is 20.3. The molecule has 154 valence electrons. The second-order valence-electron chi connectivity index (χ2n) is 7.25. The van der Waals surface area contributed by atoms with Crippen molar-refractivity contribution in [2.45, 2.75) is 51.3 Å². The lowest BCUT2D eigenvalue weighted by Crippen LogP contribution is -2.37. The number of benzene rings is 1. The van der Waals surface area contributed by atoms with Gasteiger partial charge in [-0.25, -0.2) is 8.42 Å². The number of amidine groups is 1. The van der Waals surface area contributed by atoms with Crippen LogP contribution < -0.4 is 9.80 Å². The standard InChI is InChI=1S/C20H29N3O3S2/c1-4-7-8-19(24)21-20-23(17-13-28(25,26)14-18(17)27-20)16-11-9-15(10-12-16)22(5-2)6-3/h9-12,17-18H,4-8,13-14H2,1-3H3. The molecule has 2 heterocycles. The molecule has 6 nitrogen and oxygen atoms in total. The van der Waals surface area contributed by atoms with E-state index in [1.807, 2.05) is 24.0 Å². The number of fused-ring (bicyclic) bond motifs is 1. The lowest BCUT2D eigenvalue weighted by Gasteiger charge is -2.26. The first kappa shape index (κ1) is 21.2. The van der Waals surface area contributed by atoms with Crippen LogP contribution in [0, 0.1) is 0 Å². The molecule has 28 heavy (non-hydrogen) atoms. The van der Waals surface area contributed by atoms with Gasteiger partial charge in [0.15, 0.2) is 15.0 Å². The van der Waals surface area contributed by atoms with Crippen LogP contribution in [-0.2, 0) is 14.6 Å². The van der Waals surface area contributed by atoms with Gasteiger partial charge >= 0.3 is 0 Å². The predicted octanol–water partition coefficient (Wildman–Crippen LogP) is 3.32. The second kappa shape index (κ2) is 8.86. The number of aliphatic imine (C=N–C) groups is 1. The van der Waals surface area contributed by atoms with Gasteiger partial charge in [0.25, 0.3) is 0 Å². The van der Waals surface area contributed by atoms with Gasteiger partial charge in [-0.05, 0) is 44.5 Å². The lowest BCUT2D eigenvalue weighted by molar-refractivity contribution is -0.117. The smallest absolute Gasteiger partial charge is 0.248 e. The maximum atomic E-state index is 12.3. The summed E-state index contributed by atoms with van der Waals surface area (Å²) in [7, 11) is -3.05. The van der Waals surface area contributed by atoms with Crippen molar-refractivity contribution < 1.29 is 13.2 Å². The van der Waals surface area contributed by atoms with Crippen LogP contribution >= 0.6 is 11.8 Å². The van der Waals surface area contributed by atoms with Gasteiger partial charge < -0.3 is 9.80 Å². The lowest BCUT2D eigenvalue weighted by atomic mass is 10.2. The molecule has 3 rings (SSSR count).